The van der Waals surface area contributed by atoms with Crippen molar-refractivity contribution < 1.29 is 4.74 Å². The Bertz CT molecular complexity index is 812. The average molecular weight is 418 g/mol. The van der Waals surface area contributed by atoms with Gasteiger partial charge >= 0.3 is 0 Å². The van der Waals surface area contributed by atoms with Crippen LogP contribution in [0.15, 0.2) is 51.4 Å². The summed E-state index contributed by atoms with van der Waals surface area (Å²) < 4.78 is 6.95. The topological polar surface area (TPSA) is 56.8 Å². The molecule has 0 bridgehead atoms. The first kappa shape index (κ1) is 16.3. The molecule has 0 saturated heterocycles. The first-order valence-electron chi connectivity index (χ1n) is 6.25. The van der Waals surface area contributed by atoms with E-state index < -0.39 is 0 Å². The zero-order chi connectivity index (χ0) is 16.1. The number of nitrogens with zero attached hydrogens (tertiary/aromatic N) is 2. The molecular weight excluding hydrogens is 408 g/mol. The minimum atomic E-state index is 0.315. The van der Waals surface area contributed by atoms with Crippen LogP contribution in [0.25, 0.3) is 11.1 Å². The normalized spacial score (nSPS) is 11.1. The van der Waals surface area contributed by atoms with Gasteiger partial charge in [0.15, 0.2) is 0 Å². The molecule has 0 aliphatic heterocycles. The van der Waals surface area contributed by atoms with Gasteiger partial charge in [-0.05, 0) is 51.3 Å². The Labute approximate surface area is 145 Å². The van der Waals surface area contributed by atoms with Crippen LogP contribution < -0.4 is 4.74 Å². The third kappa shape index (κ3) is 3.39. The number of halogens is 2. The summed E-state index contributed by atoms with van der Waals surface area (Å²) in [4.78, 5) is 0. The molecule has 2 aromatic rings. The number of ether oxygens (including phenoxy) is 1. The summed E-state index contributed by atoms with van der Waals surface area (Å²) in [7, 11) is 1.56. The van der Waals surface area contributed by atoms with E-state index >= 15 is 0 Å². The largest absolute Gasteiger partial charge is 0.496 e. The molecule has 0 aliphatic rings. The van der Waals surface area contributed by atoms with Gasteiger partial charge in [-0.25, -0.2) is 0 Å². The van der Waals surface area contributed by atoms with Gasteiger partial charge in [-0.15, -0.1) is 0 Å². The van der Waals surface area contributed by atoms with Gasteiger partial charge in [-0.2, -0.15) is 10.5 Å². The second-order valence-corrected chi connectivity index (χ2v) is 6.10. The minimum absolute atomic E-state index is 0.315. The maximum Gasteiger partial charge on any atom is 0.133 e. The summed E-state index contributed by atoms with van der Waals surface area (Å²) in [5.74, 6) is 0.610. The second-order valence-electron chi connectivity index (χ2n) is 4.33. The quantitative estimate of drug-likeness (QED) is 0.510. The number of hydrogen-bond acceptors (Lipinski definition) is 3. The standard InChI is InChI=1S/C17H10Br2N2O/c1-22-17-8-12(4-7-16(17)19)15(10-21)14(9-20)11-2-5-13(18)6-3-11/h2-8H,1H3/b15-14+. The van der Waals surface area contributed by atoms with Gasteiger partial charge in [0.1, 0.15) is 17.9 Å². The lowest BCUT2D eigenvalue weighted by Crippen LogP contribution is -1.92. The number of hydrogen-bond donors (Lipinski definition) is 0. The van der Waals surface area contributed by atoms with Crippen molar-refractivity contribution in [1.82, 2.24) is 0 Å². The van der Waals surface area contributed by atoms with Crippen molar-refractivity contribution in [3.63, 3.8) is 0 Å². The zero-order valence-electron chi connectivity index (χ0n) is 11.6. The molecule has 0 fully saturated rings. The highest BCUT2D eigenvalue weighted by atomic mass is 79.9. The molecule has 0 aliphatic carbocycles. The van der Waals surface area contributed by atoms with Gasteiger partial charge in [0.05, 0.1) is 22.7 Å². The molecule has 2 aromatic carbocycles. The van der Waals surface area contributed by atoms with Crippen molar-refractivity contribution in [3.8, 4) is 17.9 Å². The maximum absolute atomic E-state index is 9.51. The molecule has 5 heteroatoms. The van der Waals surface area contributed by atoms with Gasteiger partial charge in [0, 0.05) is 4.47 Å². The summed E-state index contributed by atoms with van der Waals surface area (Å²) in [5, 5.41) is 19.0. The van der Waals surface area contributed by atoms with Crippen LogP contribution in [0.4, 0.5) is 0 Å². The summed E-state index contributed by atoms with van der Waals surface area (Å²) in [6.07, 6.45) is 0. The van der Waals surface area contributed by atoms with E-state index in [0.717, 1.165) is 8.95 Å². The van der Waals surface area contributed by atoms with Gasteiger partial charge in [-0.3, -0.25) is 0 Å². The van der Waals surface area contributed by atoms with E-state index in [9.17, 15) is 10.5 Å². The Morgan fingerprint density at radius 2 is 1.45 bits per heavy atom. The van der Waals surface area contributed by atoms with Gasteiger partial charge < -0.3 is 4.74 Å². The Morgan fingerprint density at radius 1 is 0.909 bits per heavy atom. The number of benzene rings is 2. The number of methoxy groups -OCH3 is 1. The van der Waals surface area contributed by atoms with E-state index in [2.05, 4.69) is 44.0 Å². The minimum Gasteiger partial charge on any atom is -0.496 e. The SMILES string of the molecule is COc1cc(/C(C#N)=C(\C#N)c2ccc(Br)cc2)ccc1Br. The Kier molecular flexibility index (Phi) is 5.38. The third-order valence-electron chi connectivity index (χ3n) is 3.05. The van der Waals surface area contributed by atoms with E-state index in [4.69, 9.17) is 4.74 Å². The summed E-state index contributed by atoms with van der Waals surface area (Å²) in [6.45, 7) is 0. The number of rotatable bonds is 3. The molecule has 3 nitrogen and oxygen atoms in total. The van der Waals surface area contributed by atoms with E-state index in [-0.39, 0.29) is 0 Å². The van der Waals surface area contributed by atoms with Gasteiger partial charge in [-0.1, -0.05) is 34.1 Å². The lowest BCUT2D eigenvalue weighted by molar-refractivity contribution is 0.412. The number of allylic oxidation sites excluding steroid dienone is 2. The molecule has 0 saturated carbocycles. The van der Waals surface area contributed by atoms with Crippen LogP contribution in [0.2, 0.25) is 0 Å². The third-order valence-corrected chi connectivity index (χ3v) is 4.23. The zero-order valence-corrected chi connectivity index (χ0v) is 14.8. The average Bonchev–Trinajstić information content (AvgIpc) is 2.54. The molecule has 22 heavy (non-hydrogen) atoms. The lowest BCUT2D eigenvalue weighted by atomic mass is 9.96. The Hall–Kier alpha value is -2.08. The van der Waals surface area contributed by atoms with Crippen LogP contribution in [0, 0.1) is 22.7 Å². The van der Waals surface area contributed by atoms with Crippen LogP contribution in [0.3, 0.4) is 0 Å². The predicted octanol–water partition coefficient (Wildman–Crippen LogP) is 5.18. The fourth-order valence-corrected chi connectivity index (χ4v) is 2.63. The molecular formula is C17H10Br2N2O. The van der Waals surface area contributed by atoms with Crippen LogP contribution in [-0.4, -0.2) is 7.11 Å². The van der Waals surface area contributed by atoms with Crippen LogP contribution in [0.5, 0.6) is 5.75 Å². The highest BCUT2D eigenvalue weighted by Crippen LogP contribution is 2.32. The molecule has 108 valence electrons. The number of nitriles is 2. The molecule has 0 aromatic heterocycles. The van der Waals surface area contributed by atoms with E-state index in [1.165, 1.54) is 0 Å². The summed E-state index contributed by atoms with van der Waals surface area (Å²) >= 11 is 6.73. The predicted molar refractivity (Wildman–Crippen MR) is 92.9 cm³/mol. The summed E-state index contributed by atoms with van der Waals surface area (Å²) in [5.41, 5.74) is 1.99. The smallest absolute Gasteiger partial charge is 0.133 e. The van der Waals surface area contributed by atoms with Crippen LogP contribution in [0.1, 0.15) is 11.1 Å². The second kappa shape index (κ2) is 7.26. The van der Waals surface area contributed by atoms with Crippen molar-refractivity contribution in [2.75, 3.05) is 7.11 Å². The van der Waals surface area contributed by atoms with E-state index in [1.54, 1.807) is 37.4 Å². The summed E-state index contributed by atoms with van der Waals surface area (Å²) in [6, 6.07) is 16.8. The fourth-order valence-electron chi connectivity index (χ4n) is 1.96. The first-order chi connectivity index (χ1) is 10.6. The molecule has 0 atom stereocenters. The lowest BCUT2D eigenvalue weighted by Gasteiger charge is -2.08. The molecule has 0 N–H and O–H groups in total. The van der Waals surface area contributed by atoms with E-state index in [0.29, 0.717) is 28.0 Å². The molecule has 0 spiro atoms. The highest BCUT2D eigenvalue weighted by Gasteiger charge is 2.13. The molecule has 0 radical (unpaired) electrons. The van der Waals surface area contributed by atoms with Crippen molar-refractivity contribution in [1.29, 1.82) is 10.5 Å². The van der Waals surface area contributed by atoms with Crippen molar-refractivity contribution in [2.45, 2.75) is 0 Å². The Morgan fingerprint density at radius 3 is 2.00 bits per heavy atom. The van der Waals surface area contributed by atoms with Crippen molar-refractivity contribution in [2.24, 2.45) is 0 Å². The van der Waals surface area contributed by atoms with E-state index in [1.807, 2.05) is 12.1 Å². The molecule has 0 unspecified atom stereocenters. The van der Waals surface area contributed by atoms with Crippen molar-refractivity contribution >= 4 is 43.0 Å². The molecule has 0 amide bonds. The fraction of sp³-hybridized carbons (Fsp3) is 0.0588. The van der Waals surface area contributed by atoms with Crippen molar-refractivity contribution in [3.05, 3.63) is 62.5 Å². The highest BCUT2D eigenvalue weighted by molar-refractivity contribution is 9.10. The molecule has 0 heterocycles. The Balaban J connectivity index is 2.64. The van der Waals surface area contributed by atoms with Gasteiger partial charge in [0.2, 0.25) is 0 Å². The van der Waals surface area contributed by atoms with Crippen LogP contribution >= 0.6 is 31.9 Å². The van der Waals surface area contributed by atoms with Gasteiger partial charge in [0.25, 0.3) is 0 Å². The van der Waals surface area contributed by atoms with Crippen LogP contribution in [-0.2, 0) is 0 Å². The first-order valence-corrected chi connectivity index (χ1v) is 7.83. The molecule has 2 rings (SSSR count). The monoisotopic (exact) mass is 416 g/mol. The maximum atomic E-state index is 9.51.